The largest absolute Gasteiger partial charge is 0.325 e. The quantitative estimate of drug-likeness (QED) is 0.580. The minimum Gasteiger partial charge on any atom is -0.325 e. The zero-order valence-electron chi connectivity index (χ0n) is 17.5. The van der Waals surface area contributed by atoms with Crippen molar-refractivity contribution in [1.82, 2.24) is 9.62 Å². The van der Waals surface area contributed by atoms with Gasteiger partial charge < -0.3 is 5.32 Å². The topological polar surface area (TPSA) is 78.5 Å². The standard InChI is InChI=1S/C22H28BrN3O3S/c1-16(2)26(3)30(28,29)20-11-9-19(10-12-20)25-21(27)15-24-22(13-4-14-22)17-5-7-18(23)8-6-17/h5-12,16,24H,4,13-15H2,1-3H3,(H,25,27). The fourth-order valence-electron chi connectivity index (χ4n) is 3.48. The molecule has 2 aromatic rings. The molecule has 0 radical (unpaired) electrons. The highest BCUT2D eigenvalue weighted by molar-refractivity contribution is 9.10. The van der Waals surface area contributed by atoms with Gasteiger partial charge in [0.15, 0.2) is 0 Å². The molecular formula is C22H28BrN3O3S. The Morgan fingerprint density at radius 1 is 1.10 bits per heavy atom. The first-order chi connectivity index (χ1) is 14.1. The lowest BCUT2D eigenvalue weighted by Gasteiger charge is -2.43. The van der Waals surface area contributed by atoms with Gasteiger partial charge in [0.2, 0.25) is 15.9 Å². The highest BCUT2D eigenvalue weighted by Crippen LogP contribution is 2.41. The van der Waals surface area contributed by atoms with E-state index in [1.165, 1.54) is 22.0 Å². The molecule has 0 spiro atoms. The lowest BCUT2D eigenvalue weighted by Crippen LogP contribution is -2.50. The van der Waals surface area contributed by atoms with Crippen molar-refractivity contribution in [3.63, 3.8) is 0 Å². The predicted molar refractivity (Wildman–Crippen MR) is 123 cm³/mol. The summed E-state index contributed by atoms with van der Waals surface area (Å²) >= 11 is 3.46. The van der Waals surface area contributed by atoms with Crippen LogP contribution >= 0.6 is 15.9 Å². The summed E-state index contributed by atoms with van der Waals surface area (Å²) in [5.41, 5.74) is 1.60. The van der Waals surface area contributed by atoms with Gasteiger partial charge in [-0.2, -0.15) is 4.31 Å². The molecule has 1 aliphatic carbocycles. The molecule has 1 fully saturated rings. The van der Waals surface area contributed by atoms with Gasteiger partial charge in [-0.1, -0.05) is 28.1 Å². The fourth-order valence-corrected chi connectivity index (χ4v) is 5.11. The molecular weight excluding hydrogens is 466 g/mol. The molecule has 162 valence electrons. The van der Waals surface area contributed by atoms with Crippen LogP contribution in [0.2, 0.25) is 0 Å². The average Bonchev–Trinajstić information content (AvgIpc) is 2.68. The summed E-state index contributed by atoms with van der Waals surface area (Å²) in [6, 6.07) is 14.3. The van der Waals surface area contributed by atoms with Gasteiger partial charge in [-0.05, 0) is 75.1 Å². The number of anilines is 1. The minimum atomic E-state index is -3.54. The number of carbonyl (C=O) groups excluding carboxylic acids is 1. The van der Waals surface area contributed by atoms with Crippen molar-refractivity contribution in [3.05, 3.63) is 58.6 Å². The van der Waals surface area contributed by atoms with Gasteiger partial charge in [0, 0.05) is 28.8 Å². The van der Waals surface area contributed by atoms with Gasteiger partial charge in [0.1, 0.15) is 0 Å². The molecule has 30 heavy (non-hydrogen) atoms. The lowest BCUT2D eigenvalue weighted by molar-refractivity contribution is -0.116. The van der Waals surface area contributed by atoms with Gasteiger partial charge in [0.25, 0.3) is 0 Å². The number of nitrogens with one attached hydrogen (secondary N) is 2. The van der Waals surface area contributed by atoms with E-state index >= 15 is 0 Å². The Kier molecular flexibility index (Phi) is 7.02. The van der Waals surface area contributed by atoms with Crippen LogP contribution in [0.15, 0.2) is 57.9 Å². The van der Waals surface area contributed by atoms with Gasteiger partial charge in [-0.25, -0.2) is 8.42 Å². The third kappa shape index (κ3) is 4.94. The third-order valence-electron chi connectivity index (χ3n) is 5.73. The Bertz CT molecular complexity index is 985. The number of carbonyl (C=O) groups is 1. The fraction of sp³-hybridized carbons (Fsp3) is 0.409. The van der Waals surface area contributed by atoms with E-state index in [-0.39, 0.29) is 28.9 Å². The van der Waals surface area contributed by atoms with Crippen molar-refractivity contribution >= 4 is 37.5 Å². The van der Waals surface area contributed by atoms with Gasteiger partial charge in [-0.3, -0.25) is 10.1 Å². The van der Waals surface area contributed by atoms with Crippen LogP contribution in [0, 0.1) is 0 Å². The Morgan fingerprint density at radius 2 is 1.70 bits per heavy atom. The first-order valence-corrected chi connectivity index (χ1v) is 12.3. The predicted octanol–water partition coefficient (Wildman–Crippen LogP) is 4.09. The summed E-state index contributed by atoms with van der Waals surface area (Å²) in [6.45, 7) is 3.83. The molecule has 0 bridgehead atoms. The van der Waals surface area contributed by atoms with E-state index in [4.69, 9.17) is 0 Å². The van der Waals surface area contributed by atoms with Gasteiger partial charge in [0.05, 0.1) is 11.4 Å². The monoisotopic (exact) mass is 493 g/mol. The lowest BCUT2D eigenvalue weighted by atomic mass is 9.72. The van der Waals surface area contributed by atoms with E-state index in [2.05, 4.69) is 38.7 Å². The number of hydrogen-bond acceptors (Lipinski definition) is 4. The first kappa shape index (κ1) is 22.9. The van der Waals surface area contributed by atoms with E-state index < -0.39 is 10.0 Å². The van der Waals surface area contributed by atoms with Crippen molar-refractivity contribution < 1.29 is 13.2 Å². The van der Waals surface area contributed by atoms with Crippen LogP contribution in [-0.4, -0.2) is 38.3 Å². The molecule has 6 nitrogen and oxygen atoms in total. The molecule has 1 aliphatic rings. The Hall–Kier alpha value is -1.74. The van der Waals surface area contributed by atoms with Crippen molar-refractivity contribution in [2.45, 2.75) is 49.6 Å². The van der Waals surface area contributed by atoms with Crippen LogP contribution in [0.1, 0.15) is 38.7 Å². The highest BCUT2D eigenvalue weighted by atomic mass is 79.9. The highest BCUT2D eigenvalue weighted by Gasteiger charge is 2.38. The zero-order chi connectivity index (χ0) is 21.9. The summed E-state index contributed by atoms with van der Waals surface area (Å²) in [4.78, 5) is 12.7. The SMILES string of the molecule is CC(C)N(C)S(=O)(=O)c1ccc(NC(=O)CNC2(c3ccc(Br)cc3)CCC2)cc1. The number of rotatable bonds is 8. The molecule has 8 heteroatoms. The van der Waals surface area contributed by atoms with Crippen molar-refractivity contribution in [1.29, 1.82) is 0 Å². The molecule has 0 atom stereocenters. The van der Waals surface area contributed by atoms with E-state index in [1.807, 2.05) is 26.0 Å². The van der Waals surface area contributed by atoms with Crippen molar-refractivity contribution in [2.75, 3.05) is 18.9 Å². The maximum absolute atomic E-state index is 12.5. The van der Waals surface area contributed by atoms with Crippen molar-refractivity contribution in [2.24, 2.45) is 0 Å². The van der Waals surface area contributed by atoms with Gasteiger partial charge in [-0.15, -0.1) is 0 Å². The van der Waals surface area contributed by atoms with Gasteiger partial charge >= 0.3 is 0 Å². The van der Waals surface area contributed by atoms with E-state index in [0.29, 0.717) is 5.69 Å². The molecule has 0 unspecified atom stereocenters. The summed E-state index contributed by atoms with van der Waals surface area (Å²) in [6.07, 6.45) is 3.13. The maximum Gasteiger partial charge on any atom is 0.243 e. The van der Waals surface area contributed by atoms with Crippen molar-refractivity contribution in [3.8, 4) is 0 Å². The Morgan fingerprint density at radius 3 is 2.20 bits per heavy atom. The number of benzene rings is 2. The number of halogens is 1. The number of nitrogens with zero attached hydrogens (tertiary/aromatic N) is 1. The molecule has 1 saturated carbocycles. The molecule has 0 aliphatic heterocycles. The molecule has 3 rings (SSSR count). The van der Waals surface area contributed by atoms with Crippen LogP contribution < -0.4 is 10.6 Å². The summed E-state index contributed by atoms with van der Waals surface area (Å²) in [5, 5.41) is 6.26. The smallest absolute Gasteiger partial charge is 0.243 e. The third-order valence-corrected chi connectivity index (χ3v) is 8.31. The average molecular weight is 494 g/mol. The van der Waals surface area contributed by atoms with Crippen LogP contribution in [0.4, 0.5) is 5.69 Å². The Labute approximate surface area is 187 Å². The minimum absolute atomic E-state index is 0.134. The second-order valence-corrected chi connectivity index (χ2v) is 10.9. The summed E-state index contributed by atoms with van der Waals surface area (Å²) < 4.78 is 27.4. The Balaban J connectivity index is 1.60. The van der Waals surface area contributed by atoms with Crippen LogP contribution in [0.3, 0.4) is 0 Å². The zero-order valence-corrected chi connectivity index (χ0v) is 19.9. The normalized spacial score (nSPS) is 15.8. The summed E-state index contributed by atoms with van der Waals surface area (Å²) in [7, 11) is -1.98. The second-order valence-electron chi connectivity index (χ2n) is 7.98. The second kappa shape index (κ2) is 9.18. The van der Waals surface area contributed by atoms with E-state index in [0.717, 1.165) is 23.7 Å². The van der Waals surface area contributed by atoms with Crippen LogP contribution in [0.25, 0.3) is 0 Å². The van der Waals surface area contributed by atoms with Crippen LogP contribution in [-0.2, 0) is 20.4 Å². The molecule has 0 aromatic heterocycles. The molecule has 0 heterocycles. The summed E-state index contributed by atoms with van der Waals surface area (Å²) in [5.74, 6) is -0.159. The molecule has 1 amide bonds. The number of hydrogen-bond donors (Lipinski definition) is 2. The first-order valence-electron chi connectivity index (χ1n) is 10.0. The molecule has 2 aromatic carbocycles. The maximum atomic E-state index is 12.5. The van der Waals surface area contributed by atoms with E-state index in [1.54, 1.807) is 19.2 Å². The molecule has 0 saturated heterocycles. The molecule has 2 N–H and O–H groups in total. The number of amides is 1. The number of sulfonamides is 1. The van der Waals surface area contributed by atoms with E-state index in [9.17, 15) is 13.2 Å². The van der Waals surface area contributed by atoms with Crippen LogP contribution in [0.5, 0.6) is 0 Å².